The highest BCUT2D eigenvalue weighted by Crippen LogP contribution is 2.21. The molecule has 0 radical (unpaired) electrons. The lowest BCUT2D eigenvalue weighted by atomic mass is 10.1. The SMILES string of the molecule is O=C(NCCc1ccc(F)cc1)c1ccc(S(=O)(=O)NC(=O)c2cnc(C(=O)O)c(OCc3ccccc3)c2)cc1. The number of nitrogens with zero attached hydrogens (tertiary/aromatic N) is 1. The van der Waals surface area contributed by atoms with E-state index in [0.29, 0.717) is 6.42 Å². The Morgan fingerprint density at radius 3 is 2.20 bits per heavy atom. The third-order valence-corrected chi connectivity index (χ3v) is 7.17. The number of benzene rings is 3. The van der Waals surface area contributed by atoms with E-state index in [1.165, 1.54) is 36.4 Å². The van der Waals surface area contributed by atoms with Gasteiger partial charge in [-0.2, -0.15) is 0 Å². The number of nitrogens with one attached hydrogen (secondary N) is 2. The second kappa shape index (κ2) is 12.8. The molecule has 3 aromatic carbocycles. The predicted molar refractivity (Wildman–Crippen MR) is 146 cm³/mol. The molecule has 1 aromatic heterocycles. The van der Waals surface area contributed by atoms with Crippen LogP contribution in [0.15, 0.2) is 96.0 Å². The molecule has 0 aliphatic carbocycles. The van der Waals surface area contributed by atoms with E-state index in [1.54, 1.807) is 42.5 Å². The number of rotatable bonds is 11. The number of carbonyl (C=O) groups excluding carboxylic acids is 2. The highest BCUT2D eigenvalue weighted by molar-refractivity contribution is 7.90. The first-order valence-electron chi connectivity index (χ1n) is 12.2. The minimum Gasteiger partial charge on any atom is -0.486 e. The average Bonchev–Trinajstić information content (AvgIpc) is 2.97. The molecule has 0 aliphatic rings. The number of ether oxygens (including phenoxy) is 1. The lowest BCUT2D eigenvalue weighted by molar-refractivity contribution is 0.0683. The number of carboxylic acid groups (broad SMARTS) is 1. The number of hydrogen-bond acceptors (Lipinski definition) is 7. The molecule has 210 valence electrons. The normalized spacial score (nSPS) is 11.0. The molecule has 0 spiro atoms. The van der Waals surface area contributed by atoms with Crippen LogP contribution in [0.5, 0.6) is 5.75 Å². The molecule has 0 unspecified atom stereocenters. The van der Waals surface area contributed by atoms with Gasteiger partial charge in [0.1, 0.15) is 12.4 Å². The van der Waals surface area contributed by atoms with Crippen LogP contribution in [0.2, 0.25) is 0 Å². The van der Waals surface area contributed by atoms with E-state index in [1.807, 2.05) is 4.72 Å². The topological polar surface area (TPSA) is 152 Å². The maximum absolute atomic E-state index is 13.0. The van der Waals surface area contributed by atoms with Crippen LogP contribution in [-0.2, 0) is 23.1 Å². The first kappa shape index (κ1) is 28.9. The zero-order valence-corrected chi connectivity index (χ0v) is 22.2. The molecule has 1 heterocycles. The number of carboxylic acids is 1. The fraction of sp³-hybridized carbons (Fsp3) is 0.103. The summed E-state index contributed by atoms with van der Waals surface area (Å²) in [5.74, 6) is -3.43. The van der Waals surface area contributed by atoms with Gasteiger partial charge in [0.05, 0.1) is 10.5 Å². The van der Waals surface area contributed by atoms with Crippen molar-refractivity contribution in [2.75, 3.05) is 6.54 Å². The number of hydrogen-bond donors (Lipinski definition) is 3. The molecule has 3 N–H and O–H groups in total. The number of amides is 2. The molecule has 0 bridgehead atoms. The molecule has 0 atom stereocenters. The summed E-state index contributed by atoms with van der Waals surface area (Å²) in [5.41, 5.74) is 1.10. The molecule has 10 nitrogen and oxygen atoms in total. The number of halogens is 1. The molecule has 4 aromatic rings. The number of pyridine rings is 1. The Kier molecular flexibility index (Phi) is 9.05. The smallest absolute Gasteiger partial charge is 0.358 e. The lowest BCUT2D eigenvalue weighted by Crippen LogP contribution is -2.31. The van der Waals surface area contributed by atoms with Gasteiger partial charge in [0, 0.05) is 18.3 Å². The van der Waals surface area contributed by atoms with Crippen molar-refractivity contribution in [3.8, 4) is 5.75 Å². The molecule has 12 heteroatoms. The number of sulfonamides is 1. The molecule has 2 amide bonds. The van der Waals surface area contributed by atoms with Crippen LogP contribution >= 0.6 is 0 Å². The Balaban J connectivity index is 1.39. The molecule has 0 aliphatic heterocycles. The Bertz CT molecular complexity index is 1660. The summed E-state index contributed by atoms with van der Waals surface area (Å²) in [5, 5.41) is 12.1. The van der Waals surface area contributed by atoms with Gasteiger partial charge in [0.15, 0.2) is 11.4 Å². The van der Waals surface area contributed by atoms with Gasteiger partial charge in [-0.15, -0.1) is 0 Å². The summed E-state index contributed by atoms with van der Waals surface area (Å²) < 4.78 is 46.1. The van der Waals surface area contributed by atoms with E-state index in [-0.39, 0.29) is 40.7 Å². The van der Waals surface area contributed by atoms with Crippen molar-refractivity contribution in [2.24, 2.45) is 0 Å². The molecule has 0 saturated heterocycles. The van der Waals surface area contributed by atoms with E-state index < -0.39 is 33.5 Å². The summed E-state index contributed by atoms with van der Waals surface area (Å²) in [4.78, 5) is 40.2. The number of aromatic carboxylic acids is 1. The summed E-state index contributed by atoms with van der Waals surface area (Å²) in [6.07, 6.45) is 1.41. The molecular weight excluding hydrogens is 553 g/mol. The Morgan fingerprint density at radius 1 is 0.854 bits per heavy atom. The quantitative estimate of drug-likeness (QED) is 0.245. The first-order chi connectivity index (χ1) is 19.6. The zero-order chi connectivity index (χ0) is 29.4. The first-order valence-corrected chi connectivity index (χ1v) is 13.7. The van der Waals surface area contributed by atoms with Crippen LogP contribution in [0.1, 0.15) is 42.3 Å². The number of aromatic nitrogens is 1. The van der Waals surface area contributed by atoms with Gasteiger partial charge in [-0.1, -0.05) is 42.5 Å². The second-order valence-corrected chi connectivity index (χ2v) is 10.4. The van der Waals surface area contributed by atoms with Crippen molar-refractivity contribution in [2.45, 2.75) is 17.9 Å². The maximum atomic E-state index is 13.0. The predicted octanol–water partition coefficient (Wildman–Crippen LogP) is 3.59. The Labute approximate surface area is 234 Å². The van der Waals surface area contributed by atoms with Crippen molar-refractivity contribution in [3.05, 3.63) is 125 Å². The maximum Gasteiger partial charge on any atom is 0.358 e. The van der Waals surface area contributed by atoms with Crippen molar-refractivity contribution >= 4 is 27.8 Å². The molecule has 4 rings (SSSR count). The van der Waals surface area contributed by atoms with Gasteiger partial charge in [-0.3, -0.25) is 9.59 Å². The highest BCUT2D eigenvalue weighted by atomic mass is 32.2. The van der Waals surface area contributed by atoms with Crippen LogP contribution in [0.3, 0.4) is 0 Å². The van der Waals surface area contributed by atoms with Gasteiger partial charge in [0.25, 0.3) is 21.8 Å². The van der Waals surface area contributed by atoms with Crippen LogP contribution < -0.4 is 14.8 Å². The molecular formula is C29H24FN3O7S. The third-order valence-electron chi connectivity index (χ3n) is 5.82. The monoisotopic (exact) mass is 577 g/mol. The van der Waals surface area contributed by atoms with E-state index in [9.17, 15) is 32.3 Å². The van der Waals surface area contributed by atoms with Gasteiger partial charge < -0.3 is 15.2 Å². The summed E-state index contributed by atoms with van der Waals surface area (Å²) in [6, 6.07) is 20.8. The Hall–Kier alpha value is -5.10. The zero-order valence-electron chi connectivity index (χ0n) is 21.4. The van der Waals surface area contributed by atoms with Crippen molar-refractivity contribution in [3.63, 3.8) is 0 Å². The van der Waals surface area contributed by atoms with Gasteiger partial charge in [-0.05, 0) is 60.0 Å². The van der Waals surface area contributed by atoms with Crippen molar-refractivity contribution in [1.82, 2.24) is 15.0 Å². The second-order valence-electron chi connectivity index (χ2n) is 8.74. The Morgan fingerprint density at radius 2 is 1.54 bits per heavy atom. The van der Waals surface area contributed by atoms with E-state index in [2.05, 4.69) is 10.3 Å². The summed E-state index contributed by atoms with van der Waals surface area (Å²) in [7, 11) is -4.35. The standard InChI is InChI=1S/C29H24FN3O7S/c30-23-10-6-19(7-11-23)14-15-31-27(34)21-8-12-24(13-9-21)41(38,39)33-28(35)22-16-25(26(29(36)37)32-17-22)40-18-20-4-2-1-3-5-20/h1-13,16-17H,14-15,18H2,(H,31,34)(H,33,35)(H,36,37). The fourth-order valence-electron chi connectivity index (χ4n) is 3.67. The minimum atomic E-state index is -4.35. The van der Waals surface area contributed by atoms with Gasteiger partial charge in [-0.25, -0.2) is 27.3 Å². The van der Waals surface area contributed by atoms with Crippen LogP contribution in [0, 0.1) is 5.82 Å². The van der Waals surface area contributed by atoms with Crippen LogP contribution in [-0.4, -0.2) is 42.8 Å². The minimum absolute atomic E-state index is 0.00165. The largest absolute Gasteiger partial charge is 0.486 e. The molecule has 0 fully saturated rings. The van der Waals surface area contributed by atoms with Crippen molar-refractivity contribution in [1.29, 1.82) is 0 Å². The van der Waals surface area contributed by atoms with E-state index >= 15 is 0 Å². The van der Waals surface area contributed by atoms with E-state index in [0.717, 1.165) is 23.4 Å². The molecule has 0 saturated carbocycles. The van der Waals surface area contributed by atoms with Crippen molar-refractivity contribution < 1.29 is 37.0 Å². The van der Waals surface area contributed by atoms with Gasteiger partial charge in [0.2, 0.25) is 0 Å². The van der Waals surface area contributed by atoms with E-state index in [4.69, 9.17) is 4.74 Å². The average molecular weight is 578 g/mol. The van der Waals surface area contributed by atoms with Gasteiger partial charge >= 0.3 is 5.97 Å². The number of carbonyl (C=O) groups is 3. The summed E-state index contributed by atoms with van der Waals surface area (Å²) in [6.45, 7) is 0.282. The third kappa shape index (κ3) is 7.73. The highest BCUT2D eigenvalue weighted by Gasteiger charge is 2.22. The molecule has 41 heavy (non-hydrogen) atoms. The van der Waals surface area contributed by atoms with Crippen LogP contribution in [0.4, 0.5) is 4.39 Å². The summed E-state index contributed by atoms with van der Waals surface area (Å²) >= 11 is 0. The van der Waals surface area contributed by atoms with Crippen LogP contribution in [0.25, 0.3) is 0 Å². The fourth-order valence-corrected chi connectivity index (χ4v) is 4.65. The lowest BCUT2D eigenvalue weighted by Gasteiger charge is -2.11.